The Morgan fingerprint density at radius 3 is 0.859 bits per heavy atom. The van der Waals surface area contributed by atoms with Crippen molar-refractivity contribution in [2.45, 2.75) is 322 Å². The number of ether oxygens (including phenoxy) is 3. The number of allylic oxidation sites excluding steroid dienone is 10. The van der Waals surface area contributed by atoms with Crippen molar-refractivity contribution in [2.24, 2.45) is 0 Å². The van der Waals surface area contributed by atoms with Crippen LogP contribution in [0.25, 0.3) is 0 Å². The van der Waals surface area contributed by atoms with Crippen LogP contribution in [0.1, 0.15) is 316 Å². The van der Waals surface area contributed by atoms with E-state index in [-0.39, 0.29) is 31.1 Å². The van der Waals surface area contributed by atoms with Crippen molar-refractivity contribution >= 4 is 17.9 Å². The summed E-state index contributed by atoms with van der Waals surface area (Å²) in [6.45, 7) is 6.56. The van der Waals surface area contributed by atoms with Gasteiger partial charge in [-0.1, -0.05) is 293 Å². The summed E-state index contributed by atoms with van der Waals surface area (Å²) in [6.07, 6.45) is 75.0. The van der Waals surface area contributed by atoms with Crippen LogP contribution in [0.3, 0.4) is 0 Å². The summed E-state index contributed by atoms with van der Waals surface area (Å²) in [5.41, 5.74) is 0. The lowest BCUT2D eigenvalue weighted by Gasteiger charge is -2.18. The van der Waals surface area contributed by atoms with Gasteiger partial charge in [-0.15, -0.1) is 0 Å². The molecule has 0 bridgehead atoms. The van der Waals surface area contributed by atoms with E-state index >= 15 is 0 Å². The summed E-state index contributed by atoms with van der Waals surface area (Å²) in [5.74, 6) is -0.877. The van der Waals surface area contributed by atoms with Gasteiger partial charge in [-0.2, -0.15) is 0 Å². The number of hydrogen-bond acceptors (Lipinski definition) is 6. The molecule has 1 unspecified atom stereocenters. The van der Waals surface area contributed by atoms with Crippen LogP contribution in [0.2, 0.25) is 0 Å². The van der Waals surface area contributed by atoms with E-state index in [0.29, 0.717) is 19.3 Å². The van der Waals surface area contributed by atoms with Crippen molar-refractivity contribution in [3.05, 3.63) is 60.8 Å². The maximum atomic E-state index is 12.9. The molecule has 0 spiro atoms. The molecule has 0 saturated heterocycles. The van der Waals surface area contributed by atoms with Crippen molar-refractivity contribution in [1.82, 2.24) is 0 Å². The van der Waals surface area contributed by atoms with Gasteiger partial charge >= 0.3 is 17.9 Å². The van der Waals surface area contributed by atoms with E-state index in [1.165, 1.54) is 167 Å². The van der Waals surface area contributed by atoms with Crippen LogP contribution in [-0.2, 0) is 28.6 Å². The summed E-state index contributed by atoms with van der Waals surface area (Å²) >= 11 is 0. The molecule has 0 aliphatic heterocycles. The highest BCUT2D eigenvalue weighted by atomic mass is 16.6. The second-order valence-corrected chi connectivity index (χ2v) is 20.6. The van der Waals surface area contributed by atoms with Gasteiger partial charge in [0.15, 0.2) is 6.10 Å². The Balaban J connectivity index is 4.37. The van der Waals surface area contributed by atoms with Gasteiger partial charge in [0.2, 0.25) is 0 Å². The fourth-order valence-electron chi connectivity index (χ4n) is 8.94. The fraction of sp³-hybridized carbons (Fsp3) is 0.800. The molecular formula is C65H116O6. The van der Waals surface area contributed by atoms with Crippen molar-refractivity contribution in [2.75, 3.05) is 13.2 Å². The molecule has 0 aromatic heterocycles. The standard InChI is InChI=1S/C65H116O6/c1-4-7-10-13-16-19-22-25-28-30-32-33-34-36-37-40-43-46-49-52-55-58-64(67)70-61-62(60-69-63(66)57-54-51-48-45-42-39-27-24-21-18-15-12-9-6-3)71-65(68)59-56-53-50-47-44-41-38-35-31-29-26-23-20-17-14-11-8-5-2/h7,10,16,19,25,28,32-33,36-37,62H,4-6,8-9,11-15,17-18,20-24,26-27,29-31,34-35,38-61H2,1-3H3/b10-7-,19-16-,28-25-,33-32-,37-36-. The molecule has 0 saturated carbocycles. The lowest BCUT2D eigenvalue weighted by molar-refractivity contribution is -0.167. The Hall–Kier alpha value is -2.89. The van der Waals surface area contributed by atoms with Gasteiger partial charge in [0.05, 0.1) is 0 Å². The van der Waals surface area contributed by atoms with Crippen molar-refractivity contribution in [3.8, 4) is 0 Å². The van der Waals surface area contributed by atoms with Crippen LogP contribution in [0.5, 0.6) is 0 Å². The smallest absolute Gasteiger partial charge is 0.306 e. The van der Waals surface area contributed by atoms with Crippen LogP contribution < -0.4 is 0 Å². The highest BCUT2D eigenvalue weighted by Crippen LogP contribution is 2.17. The number of esters is 3. The number of rotatable bonds is 56. The molecule has 0 aromatic rings. The van der Waals surface area contributed by atoms with Gasteiger partial charge in [0, 0.05) is 19.3 Å². The van der Waals surface area contributed by atoms with E-state index < -0.39 is 6.10 Å². The minimum atomic E-state index is -0.779. The zero-order valence-corrected chi connectivity index (χ0v) is 47.2. The third-order valence-electron chi connectivity index (χ3n) is 13.5. The summed E-state index contributed by atoms with van der Waals surface area (Å²) in [7, 11) is 0. The zero-order chi connectivity index (χ0) is 51.4. The molecule has 0 fully saturated rings. The van der Waals surface area contributed by atoms with Crippen molar-refractivity contribution in [1.29, 1.82) is 0 Å². The Kier molecular flexibility index (Phi) is 57.2. The lowest BCUT2D eigenvalue weighted by atomic mass is 10.0. The van der Waals surface area contributed by atoms with Crippen LogP contribution in [-0.4, -0.2) is 37.2 Å². The quantitative estimate of drug-likeness (QED) is 0.0261. The first-order chi connectivity index (χ1) is 35.0. The van der Waals surface area contributed by atoms with Gasteiger partial charge in [-0.25, -0.2) is 0 Å². The first-order valence-electron chi connectivity index (χ1n) is 30.8. The maximum absolute atomic E-state index is 12.9. The highest BCUT2D eigenvalue weighted by molar-refractivity contribution is 5.71. The number of hydrogen-bond donors (Lipinski definition) is 0. The molecule has 412 valence electrons. The van der Waals surface area contributed by atoms with Crippen molar-refractivity contribution < 1.29 is 28.6 Å². The second kappa shape index (κ2) is 59.7. The molecule has 0 radical (unpaired) electrons. The average Bonchev–Trinajstić information content (AvgIpc) is 3.37. The van der Waals surface area contributed by atoms with E-state index in [1.807, 2.05) is 0 Å². The molecule has 0 aromatic carbocycles. The number of unbranched alkanes of at least 4 members (excludes halogenated alkanes) is 35. The fourth-order valence-corrected chi connectivity index (χ4v) is 8.94. The molecule has 0 rings (SSSR count). The Morgan fingerprint density at radius 2 is 0.549 bits per heavy atom. The van der Waals surface area contributed by atoms with Crippen molar-refractivity contribution in [3.63, 3.8) is 0 Å². The molecule has 0 aliphatic rings. The van der Waals surface area contributed by atoms with E-state index in [9.17, 15) is 14.4 Å². The predicted molar refractivity (Wildman–Crippen MR) is 307 cm³/mol. The summed E-state index contributed by atoms with van der Waals surface area (Å²) in [4.78, 5) is 38.3. The van der Waals surface area contributed by atoms with Crippen LogP contribution in [0.4, 0.5) is 0 Å². The third-order valence-corrected chi connectivity index (χ3v) is 13.5. The van der Waals surface area contributed by atoms with Crippen LogP contribution >= 0.6 is 0 Å². The topological polar surface area (TPSA) is 78.9 Å². The number of carbonyl (C=O) groups excluding carboxylic acids is 3. The second-order valence-electron chi connectivity index (χ2n) is 20.6. The molecule has 0 heterocycles. The zero-order valence-electron chi connectivity index (χ0n) is 47.2. The summed E-state index contributed by atoms with van der Waals surface area (Å²) in [6, 6.07) is 0. The lowest BCUT2D eigenvalue weighted by Crippen LogP contribution is -2.30. The largest absolute Gasteiger partial charge is 0.462 e. The molecule has 6 heteroatoms. The van der Waals surface area contributed by atoms with Gasteiger partial charge in [0.25, 0.3) is 0 Å². The monoisotopic (exact) mass is 993 g/mol. The molecule has 0 amide bonds. The Labute approximate surface area is 440 Å². The molecule has 71 heavy (non-hydrogen) atoms. The van der Waals surface area contributed by atoms with Gasteiger partial charge in [-0.05, 0) is 64.2 Å². The first-order valence-corrected chi connectivity index (χ1v) is 30.8. The summed E-state index contributed by atoms with van der Waals surface area (Å²) in [5, 5.41) is 0. The molecule has 6 nitrogen and oxygen atoms in total. The molecular weight excluding hydrogens is 877 g/mol. The van der Waals surface area contributed by atoms with Gasteiger partial charge in [-0.3, -0.25) is 14.4 Å². The van der Waals surface area contributed by atoms with E-state index in [1.54, 1.807) is 0 Å². The molecule has 0 N–H and O–H groups in total. The van der Waals surface area contributed by atoms with E-state index in [0.717, 1.165) is 109 Å². The Bertz CT molecular complexity index is 1280. The third kappa shape index (κ3) is 57.9. The normalized spacial score (nSPS) is 12.4. The highest BCUT2D eigenvalue weighted by Gasteiger charge is 2.19. The van der Waals surface area contributed by atoms with Gasteiger partial charge in [0.1, 0.15) is 13.2 Å². The SMILES string of the molecule is CC/C=C\C/C=C\C/C=C\C/C=C\C/C=C\CCCCCCCC(=O)OCC(COC(=O)CCCCCCCCCCCCCCCC)OC(=O)CCCCCCCCCCCCCCCCCCCC. The van der Waals surface area contributed by atoms with Crippen LogP contribution in [0, 0.1) is 0 Å². The average molecular weight is 994 g/mol. The number of carbonyl (C=O) groups is 3. The minimum Gasteiger partial charge on any atom is -0.462 e. The molecule has 0 aliphatic carbocycles. The molecule has 1 atom stereocenters. The first kappa shape index (κ1) is 68.1. The van der Waals surface area contributed by atoms with E-state index in [4.69, 9.17) is 14.2 Å². The van der Waals surface area contributed by atoms with Crippen LogP contribution in [0.15, 0.2) is 60.8 Å². The van der Waals surface area contributed by atoms with Gasteiger partial charge < -0.3 is 14.2 Å². The predicted octanol–water partition coefficient (Wildman–Crippen LogP) is 20.8. The van der Waals surface area contributed by atoms with E-state index in [2.05, 4.69) is 81.5 Å². The Morgan fingerprint density at radius 1 is 0.296 bits per heavy atom. The minimum absolute atomic E-state index is 0.0759. The maximum Gasteiger partial charge on any atom is 0.306 e. The summed E-state index contributed by atoms with van der Waals surface area (Å²) < 4.78 is 16.9.